The molecule has 0 aromatic carbocycles. The number of anilines is 1. The van der Waals surface area contributed by atoms with Gasteiger partial charge >= 0.3 is 0 Å². The summed E-state index contributed by atoms with van der Waals surface area (Å²) in [6.07, 6.45) is 1.36. The maximum atomic E-state index is 12.8. The number of pyridine rings is 1. The second kappa shape index (κ2) is 3.18. The standard InChI is InChI=1S/C7H9FN2O/c1-2-11-7-6(8)3-5(9)4-10-7/h3-4H,2,9H2,1H3. The second-order valence-electron chi connectivity index (χ2n) is 1.99. The predicted octanol–water partition coefficient (Wildman–Crippen LogP) is 1.20. The van der Waals surface area contributed by atoms with E-state index in [4.69, 9.17) is 10.5 Å². The van der Waals surface area contributed by atoms with Gasteiger partial charge < -0.3 is 10.5 Å². The summed E-state index contributed by atoms with van der Waals surface area (Å²) < 4.78 is 17.6. The molecule has 0 radical (unpaired) electrons. The highest BCUT2D eigenvalue weighted by Crippen LogP contribution is 2.14. The number of nitrogens with zero attached hydrogens (tertiary/aromatic N) is 1. The molecule has 0 aliphatic carbocycles. The van der Waals surface area contributed by atoms with E-state index in [-0.39, 0.29) is 5.88 Å². The summed E-state index contributed by atoms with van der Waals surface area (Å²) in [7, 11) is 0. The minimum atomic E-state index is -0.521. The van der Waals surface area contributed by atoms with Crippen molar-refractivity contribution in [3.63, 3.8) is 0 Å². The number of hydrogen-bond donors (Lipinski definition) is 1. The van der Waals surface area contributed by atoms with E-state index in [9.17, 15) is 4.39 Å². The molecule has 11 heavy (non-hydrogen) atoms. The van der Waals surface area contributed by atoms with Gasteiger partial charge in [-0.3, -0.25) is 0 Å². The third-order valence-electron chi connectivity index (χ3n) is 1.11. The topological polar surface area (TPSA) is 48.1 Å². The molecule has 60 valence electrons. The first-order valence-electron chi connectivity index (χ1n) is 3.28. The number of halogens is 1. The zero-order valence-electron chi connectivity index (χ0n) is 6.17. The minimum Gasteiger partial charge on any atom is -0.476 e. The molecule has 2 N–H and O–H groups in total. The molecule has 1 heterocycles. The van der Waals surface area contributed by atoms with Crippen LogP contribution in [0.3, 0.4) is 0 Å². The third-order valence-corrected chi connectivity index (χ3v) is 1.11. The third kappa shape index (κ3) is 1.80. The van der Waals surface area contributed by atoms with Crippen LogP contribution in [-0.4, -0.2) is 11.6 Å². The Kier molecular flexibility index (Phi) is 2.25. The van der Waals surface area contributed by atoms with Crippen LogP contribution in [0.5, 0.6) is 5.88 Å². The Hall–Kier alpha value is -1.32. The Morgan fingerprint density at radius 3 is 3.00 bits per heavy atom. The highest BCUT2D eigenvalue weighted by molar-refractivity contribution is 5.37. The largest absolute Gasteiger partial charge is 0.476 e. The van der Waals surface area contributed by atoms with Crippen molar-refractivity contribution in [2.45, 2.75) is 6.92 Å². The Balaban J connectivity index is 2.90. The highest BCUT2D eigenvalue weighted by atomic mass is 19.1. The van der Waals surface area contributed by atoms with Crippen LogP contribution in [0, 0.1) is 5.82 Å². The van der Waals surface area contributed by atoms with E-state index in [0.717, 1.165) is 0 Å². The van der Waals surface area contributed by atoms with Gasteiger partial charge in [0.1, 0.15) is 0 Å². The van der Waals surface area contributed by atoms with Gasteiger partial charge in [0.2, 0.25) is 5.88 Å². The van der Waals surface area contributed by atoms with Gasteiger partial charge in [-0.1, -0.05) is 0 Å². The van der Waals surface area contributed by atoms with Crippen LogP contribution >= 0.6 is 0 Å². The molecular formula is C7H9FN2O. The van der Waals surface area contributed by atoms with Crippen LogP contribution in [0.25, 0.3) is 0 Å². The summed E-state index contributed by atoms with van der Waals surface area (Å²) in [6, 6.07) is 1.18. The van der Waals surface area contributed by atoms with E-state index in [1.807, 2.05) is 0 Å². The van der Waals surface area contributed by atoms with Crippen LogP contribution in [0.2, 0.25) is 0 Å². The van der Waals surface area contributed by atoms with Gasteiger partial charge in [-0.15, -0.1) is 0 Å². The van der Waals surface area contributed by atoms with E-state index in [0.29, 0.717) is 12.3 Å². The van der Waals surface area contributed by atoms with Crippen molar-refractivity contribution in [2.24, 2.45) is 0 Å². The van der Waals surface area contributed by atoms with Crippen molar-refractivity contribution in [1.29, 1.82) is 0 Å². The van der Waals surface area contributed by atoms with Gasteiger partial charge in [0.15, 0.2) is 5.82 Å². The van der Waals surface area contributed by atoms with Crippen LogP contribution < -0.4 is 10.5 Å². The summed E-state index contributed by atoms with van der Waals surface area (Å²) in [5.74, 6) is -0.520. The lowest BCUT2D eigenvalue weighted by Crippen LogP contribution is -1.98. The number of rotatable bonds is 2. The van der Waals surface area contributed by atoms with E-state index in [2.05, 4.69) is 4.98 Å². The molecule has 1 rings (SSSR count). The lowest BCUT2D eigenvalue weighted by Gasteiger charge is -2.02. The fraction of sp³-hybridized carbons (Fsp3) is 0.286. The maximum absolute atomic E-state index is 12.8. The molecule has 3 nitrogen and oxygen atoms in total. The fourth-order valence-electron chi connectivity index (χ4n) is 0.683. The first kappa shape index (κ1) is 7.78. The van der Waals surface area contributed by atoms with Crippen molar-refractivity contribution in [2.75, 3.05) is 12.3 Å². The maximum Gasteiger partial charge on any atom is 0.250 e. The summed E-state index contributed by atoms with van der Waals surface area (Å²) in [4.78, 5) is 3.65. The molecule has 0 amide bonds. The molecule has 0 aliphatic heterocycles. The Labute approximate surface area is 64.0 Å². The minimum absolute atomic E-state index is 0.00157. The molecule has 0 spiro atoms. The zero-order valence-corrected chi connectivity index (χ0v) is 6.17. The molecule has 0 saturated carbocycles. The van der Waals surface area contributed by atoms with Gasteiger partial charge in [0.25, 0.3) is 0 Å². The lowest BCUT2D eigenvalue weighted by atomic mass is 10.4. The van der Waals surface area contributed by atoms with Gasteiger partial charge in [-0.25, -0.2) is 9.37 Å². The predicted molar refractivity (Wildman–Crippen MR) is 39.8 cm³/mol. The van der Waals surface area contributed by atoms with Crippen molar-refractivity contribution >= 4 is 5.69 Å². The molecule has 0 aliphatic rings. The average molecular weight is 156 g/mol. The van der Waals surface area contributed by atoms with Crippen LogP contribution in [0.4, 0.5) is 10.1 Å². The van der Waals surface area contributed by atoms with Gasteiger partial charge in [-0.2, -0.15) is 0 Å². The van der Waals surface area contributed by atoms with Gasteiger partial charge in [0.05, 0.1) is 18.5 Å². The molecule has 0 fully saturated rings. The zero-order chi connectivity index (χ0) is 8.27. The molecule has 4 heteroatoms. The van der Waals surface area contributed by atoms with Gasteiger partial charge in [-0.05, 0) is 6.92 Å². The smallest absolute Gasteiger partial charge is 0.250 e. The Morgan fingerprint density at radius 2 is 2.45 bits per heavy atom. The van der Waals surface area contributed by atoms with Crippen molar-refractivity contribution in [3.05, 3.63) is 18.1 Å². The molecular weight excluding hydrogens is 147 g/mol. The Morgan fingerprint density at radius 1 is 1.73 bits per heavy atom. The van der Waals surface area contributed by atoms with E-state index in [1.54, 1.807) is 6.92 Å². The van der Waals surface area contributed by atoms with Crippen LogP contribution in [0.1, 0.15) is 6.92 Å². The van der Waals surface area contributed by atoms with E-state index >= 15 is 0 Å². The second-order valence-corrected chi connectivity index (χ2v) is 1.99. The normalized spacial score (nSPS) is 9.64. The van der Waals surface area contributed by atoms with Crippen LogP contribution in [-0.2, 0) is 0 Å². The fourth-order valence-corrected chi connectivity index (χ4v) is 0.683. The Bertz CT molecular complexity index is 252. The van der Waals surface area contributed by atoms with E-state index in [1.165, 1.54) is 12.3 Å². The molecule has 1 aromatic rings. The number of ether oxygens (including phenoxy) is 1. The molecule has 0 unspecified atom stereocenters. The van der Waals surface area contributed by atoms with Crippen molar-refractivity contribution < 1.29 is 9.13 Å². The molecule has 0 bridgehead atoms. The summed E-state index contributed by atoms with van der Waals surface area (Å²) in [5, 5.41) is 0. The van der Waals surface area contributed by atoms with Crippen LogP contribution in [0.15, 0.2) is 12.3 Å². The molecule has 1 aromatic heterocycles. The van der Waals surface area contributed by atoms with Crippen molar-refractivity contribution in [1.82, 2.24) is 4.98 Å². The van der Waals surface area contributed by atoms with Crippen molar-refractivity contribution in [3.8, 4) is 5.88 Å². The number of hydrogen-bond acceptors (Lipinski definition) is 3. The summed E-state index contributed by atoms with van der Waals surface area (Å²) in [6.45, 7) is 2.16. The molecule has 0 saturated heterocycles. The summed E-state index contributed by atoms with van der Waals surface area (Å²) in [5.41, 5.74) is 5.56. The SMILES string of the molecule is CCOc1ncc(N)cc1F. The van der Waals surface area contributed by atoms with Gasteiger partial charge in [0, 0.05) is 6.07 Å². The van der Waals surface area contributed by atoms with E-state index < -0.39 is 5.82 Å². The number of aromatic nitrogens is 1. The monoisotopic (exact) mass is 156 g/mol. The lowest BCUT2D eigenvalue weighted by molar-refractivity contribution is 0.307. The average Bonchev–Trinajstić information content (AvgIpc) is 1.95. The number of nitrogens with two attached hydrogens (primary N) is 1. The highest BCUT2D eigenvalue weighted by Gasteiger charge is 2.02. The molecule has 0 atom stereocenters. The first-order valence-corrected chi connectivity index (χ1v) is 3.28. The quantitative estimate of drug-likeness (QED) is 0.699. The first-order chi connectivity index (χ1) is 5.24. The summed E-state index contributed by atoms with van der Waals surface area (Å²) >= 11 is 0. The number of nitrogen functional groups attached to an aromatic ring is 1.